The fourth-order valence-corrected chi connectivity index (χ4v) is 3.02. The Morgan fingerprint density at radius 2 is 1.50 bits per heavy atom. The Morgan fingerprint density at radius 3 is 2.09 bits per heavy atom. The van der Waals surface area contributed by atoms with E-state index in [1.165, 1.54) is 0 Å². The summed E-state index contributed by atoms with van der Waals surface area (Å²) in [5, 5.41) is 6.77. The Hall–Kier alpha value is -4.13. The molecular weight excluding hydrogens is 430 g/mol. The summed E-state index contributed by atoms with van der Waals surface area (Å²) in [6, 6.07) is 21.6. The van der Waals surface area contributed by atoms with Crippen LogP contribution in [0.15, 0.2) is 77.9 Å². The molecule has 0 saturated carbocycles. The molecule has 0 aliphatic carbocycles. The van der Waals surface area contributed by atoms with E-state index in [1.54, 1.807) is 74.0 Å². The quantitative estimate of drug-likeness (QED) is 0.375. The predicted molar refractivity (Wildman–Crippen MR) is 134 cm³/mol. The average Bonchev–Trinajstić information content (AvgIpc) is 2.83. The second-order valence-electron chi connectivity index (χ2n) is 8.66. The minimum atomic E-state index is -0.278. The highest BCUT2D eigenvalue weighted by Crippen LogP contribution is 2.22. The molecule has 0 unspecified atom stereocenters. The van der Waals surface area contributed by atoms with Crippen molar-refractivity contribution in [3.8, 4) is 11.5 Å². The van der Waals surface area contributed by atoms with Crippen molar-refractivity contribution in [2.45, 2.75) is 26.2 Å². The van der Waals surface area contributed by atoms with E-state index in [4.69, 9.17) is 9.47 Å². The molecule has 0 aliphatic heterocycles. The lowest BCUT2D eigenvalue weighted by Gasteiger charge is -2.18. The van der Waals surface area contributed by atoms with E-state index in [-0.39, 0.29) is 23.8 Å². The monoisotopic (exact) mass is 459 g/mol. The second kappa shape index (κ2) is 11.1. The number of hydrazone groups is 1. The van der Waals surface area contributed by atoms with Crippen LogP contribution in [0.3, 0.4) is 0 Å². The van der Waals surface area contributed by atoms with Crippen LogP contribution in [0.4, 0.5) is 5.69 Å². The SMILES string of the molecule is COc1ccc(NC(=O)COc2ccc(/C=N\NC(=O)c3ccc(C(C)(C)C)cc3)cc2)cc1. The number of carbonyl (C=O) groups is 2. The van der Waals surface area contributed by atoms with Gasteiger partial charge in [-0.3, -0.25) is 9.59 Å². The standard InChI is InChI=1S/C27H29N3O4/c1-27(2,3)21-9-7-20(8-10-21)26(32)30-28-17-19-5-13-24(14-6-19)34-18-25(31)29-22-11-15-23(33-4)16-12-22/h5-17H,18H2,1-4H3,(H,29,31)(H,30,32)/b28-17-. The molecule has 176 valence electrons. The largest absolute Gasteiger partial charge is 0.497 e. The third-order valence-electron chi connectivity index (χ3n) is 5.02. The molecule has 0 aliphatic rings. The summed E-state index contributed by atoms with van der Waals surface area (Å²) in [6.07, 6.45) is 1.54. The minimum Gasteiger partial charge on any atom is -0.497 e. The fraction of sp³-hybridized carbons (Fsp3) is 0.222. The van der Waals surface area contributed by atoms with Gasteiger partial charge >= 0.3 is 0 Å². The number of methoxy groups -OCH3 is 1. The highest BCUT2D eigenvalue weighted by molar-refractivity contribution is 5.95. The molecule has 3 aromatic carbocycles. The number of nitrogens with zero attached hydrogens (tertiary/aromatic N) is 1. The first-order chi connectivity index (χ1) is 16.2. The number of nitrogens with one attached hydrogen (secondary N) is 2. The molecule has 34 heavy (non-hydrogen) atoms. The first-order valence-electron chi connectivity index (χ1n) is 10.9. The van der Waals surface area contributed by atoms with E-state index >= 15 is 0 Å². The van der Waals surface area contributed by atoms with Gasteiger partial charge in [0.25, 0.3) is 11.8 Å². The Labute approximate surface area is 199 Å². The van der Waals surface area contributed by atoms with Crippen molar-refractivity contribution in [1.29, 1.82) is 0 Å². The van der Waals surface area contributed by atoms with Gasteiger partial charge in [-0.25, -0.2) is 5.43 Å². The third-order valence-corrected chi connectivity index (χ3v) is 5.02. The molecule has 0 bridgehead atoms. The van der Waals surface area contributed by atoms with Gasteiger partial charge in [0.15, 0.2) is 6.61 Å². The van der Waals surface area contributed by atoms with E-state index in [0.29, 0.717) is 22.7 Å². The van der Waals surface area contributed by atoms with Crippen molar-refractivity contribution < 1.29 is 19.1 Å². The third kappa shape index (κ3) is 7.20. The zero-order valence-corrected chi connectivity index (χ0v) is 19.8. The molecule has 0 radical (unpaired) electrons. The van der Waals surface area contributed by atoms with E-state index in [9.17, 15) is 9.59 Å². The average molecular weight is 460 g/mol. The minimum absolute atomic E-state index is 0.0311. The Morgan fingerprint density at radius 1 is 0.882 bits per heavy atom. The van der Waals surface area contributed by atoms with Crippen molar-refractivity contribution in [3.05, 3.63) is 89.5 Å². The number of hydrogen-bond acceptors (Lipinski definition) is 5. The lowest BCUT2D eigenvalue weighted by atomic mass is 9.87. The van der Waals surface area contributed by atoms with Gasteiger partial charge in [0.2, 0.25) is 0 Å². The number of ether oxygens (including phenoxy) is 2. The maximum Gasteiger partial charge on any atom is 0.271 e. The van der Waals surface area contributed by atoms with Crippen molar-refractivity contribution in [1.82, 2.24) is 5.43 Å². The number of amides is 2. The molecule has 2 amide bonds. The van der Waals surface area contributed by atoms with E-state index in [1.807, 2.05) is 12.1 Å². The normalized spacial score (nSPS) is 11.2. The van der Waals surface area contributed by atoms with Crippen molar-refractivity contribution in [3.63, 3.8) is 0 Å². The summed E-state index contributed by atoms with van der Waals surface area (Å²) in [4.78, 5) is 24.3. The summed E-state index contributed by atoms with van der Waals surface area (Å²) in [5.74, 6) is 0.714. The molecule has 2 N–H and O–H groups in total. The molecule has 0 saturated heterocycles. The highest BCUT2D eigenvalue weighted by Gasteiger charge is 2.14. The van der Waals surface area contributed by atoms with Crippen LogP contribution in [-0.2, 0) is 10.2 Å². The van der Waals surface area contributed by atoms with Crippen molar-refractivity contribution in [2.24, 2.45) is 5.10 Å². The zero-order chi connectivity index (χ0) is 24.6. The van der Waals surface area contributed by atoms with E-state index in [0.717, 1.165) is 11.1 Å². The van der Waals surface area contributed by atoms with Gasteiger partial charge in [0, 0.05) is 11.3 Å². The number of anilines is 1. The summed E-state index contributed by atoms with van der Waals surface area (Å²) >= 11 is 0. The molecule has 7 heteroatoms. The van der Waals surface area contributed by atoms with Gasteiger partial charge in [-0.15, -0.1) is 0 Å². The van der Waals surface area contributed by atoms with Crippen molar-refractivity contribution in [2.75, 3.05) is 19.0 Å². The van der Waals surface area contributed by atoms with Crippen molar-refractivity contribution >= 4 is 23.7 Å². The lowest BCUT2D eigenvalue weighted by Crippen LogP contribution is -2.20. The second-order valence-corrected chi connectivity index (χ2v) is 8.66. The molecule has 0 heterocycles. The van der Waals surface area contributed by atoms with Crippen LogP contribution in [0, 0.1) is 0 Å². The van der Waals surface area contributed by atoms with Crippen LogP contribution < -0.4 is 20.2 Å². The van der Waals surface area contributed by atoms with Gasteiger partial charge in [-0.2, -0.15) is 5.10 Å². The summed E-state index contributed by atoms with van der Waals surface area (Å²) in [5.41, 5.74) is 5.70. The Bertz CT molecular complexity index is 1130. The topological polar surface area (TPSA) is 89.0 Å². The number of hydrogen-bond donors (Lipinski definition) is 2. The molecule has 3 aromatic rings. The molecule has 0 fully saturated rings. The zero-order valence-electron chi connectivity index (χ0n) is 19.8. The number of carbonyl (C=O) groups excluding carboxylic acids is 2. The van der Waals surface area contributed by atoms with Crippen LogP contribution in [0.25, 0.3) is 0 Å². The lowest BCUT2D eigenvalue weighted by molar-refractivity contribution is -0.118. The van der Waals surface area contributed by atoms with Gasteiger partial charge in [-0.05, 0) is 77.2 Å². The van der Waals surface area contributed by atoms with Gasteiger partial charge in [0.1, 0.15) is 11.5 Å². The fourth-order valence-electron chi connectivity index (χ4n) is 3.02. The van der Waals surface area contributed by atoms with Crippen LogP contribution in [0.5, 0.6) is 11.5 Å². The molecule has 0 spiro atoms. The molecular formula is C27H29N3O4. The molecule has 0 aromatic heterocycles. The molecule has 3 rings (SSSR count). The Kier molecular flexibility index (Phi) is 8.03. The summed E-state index contributed by atoms with van der Waals surface area (Å²) < 4.78 is 10.6. The van der Waals surface area contributed by atoms with E-state index in [2.05, 4.69) is 36.6 Å². The molecule has 0 atom stereocenters. The first-order valence-corrected chi connectivity index (χ1v) is 10.9. The molecule has 7 nitrogen and oxygen atoms in total. The van der Waals surface area contributed by atoms with Crippen LogP contribution in [0.1, 0.15) is 42.3 Å². The predicted octanol–water partition coefficient (Wildman–Crippen LogP) is 4.77. The van der Waals surface area contributed by atoms with E-state index < -0.39 is 0 Å². The van der Waals surface area contributed by atoms with Crippen LogP contribution in [0.2, 0.25) is 0 Å². The van der Waals surface area contributed by atoms with Gasteiger partial charge < -0.3 is 14.8 Å². The first kappa shape index (κ1) is 24.5. The maximum atomic E-state index is 12.3. The van der Waals surface area contributed by atoms with Gasteiger partial charge in [0.05, 0.1) is 13.3 Å². The number of benzene rings is 3. The highest BCUT2D eigenvalue weighted by atomic mass is 16.5. The van der Waals surface area contributed by atoms with Crippen LogP contribution in [-0.4, -0.2) is 31.7 Å². The Balaban J connectivity index is 1.45. The van der Waals surface area contributed by atoms with Crippen LogP contribution >= 0.6 is 0 Å². The summed E-state index contributed by atoms with van der Waals surface area (Å²) in [7, 11) is 1.58. The summed E-state index contributed by atoms with van der Waals surface area (Å²) in [6.45, 7) is 6.25. The number of rotatable bonds is 8. The smallest absolute Gasteiger partial charge is 0.271 e. The maximum absolute atomic E-state index is 12.3. The van der Waals surface area contributed by atoms with Gasteiger partial charge in [-0.1, -0.05) is 32.9 Å².